The third-order valence-electron chi connectivity index (χ3n) is 3.11. The summed E-state index contributed by atoms with van der Waals surface area (Å²) in [6, 6.07) is 3.47. The number of amides is 1. The van der Waals surface area contributed by atoms with Crippen LogP contribution in [0.4, 0.5) is 5.69 Å². The topological polar surface area (TPSA) is 60.5 Å². The van der Waals surface area contributed by atoms with E-state index in [1.807, 2.05) is 13.8 Å². The van der Waals surface area contributed by atoms with Gasteiger partial charge in [-0.1, -0.05) is 20.8 Å². The quantitative estimate of drug-likeness (QED) is 0.799. The lowest BCUT2D eigenvalue weighted by atomic mass is 9.93. The van der Waals surface area contributed by atoms with Crippen molar-refractivity contribution in [3.8, 4) is 5.88 Å². The van der Waals surface area contributed by atoms with Gasteiger partial charge in [0.15, 0.2) is 0 Å². The second kappa shape index (κ2) is 7.98. The SMILES string of the molecule is CCCO[C@@](C)(CC(C)C)C(=O)Nc1ccc(OC)nc1. The highest BCUT2D eigenvalue weighted by molar-refractivity contribution is 5.96. The van der Waals surface area contributed by atoms with Gasteiger partial charge in [0.1, 0.15) is 5.60 Å². The van der Waals surface area contributed by atoms with E-state index in [0.29, 0.717) is 30.5 Å². The molecule has 21 heavy (non-hydrogen) atoms. The number of anilines is 1. The molecule has 0 bridgehead atoms. The van der Waals surface area contributed by atoms with Gasteiger partial charge in [-0.05, 0) is 31.7 Å². The summed E-state index contributed by atoms with van der Waals surface area (Å²) in [7, 11) is 1.55. The molecule has 5 heteroatoms. The molecule has 1 amide bonds. The van der Waals surface area contributed by atoms with E-state index in [1.165, 1.54) is 0 Å². The fourth-order valence-electron chi connectivity index (χ4n) is 2.16. The van der Waals surface area contributed by atoms with Crippen LogP contribution in [0.1, 0.15) is 40.5 Å². The van der Waals surface area contributed by atoms with Crippen molar-refractivity contribution in [1.29, 1.82) is 0 Å². The van der Waals surface area contributed by atoms with Gasteiger partial charge in [-0.15, -0.1) is 0 Å². The Hall–Kier alpha value is -1.62. The molecule has 0 saturated heterocycles. The van der Waals surface area contributed by atoms with Crippen LogP contribution in [0.2, 0.25) is 0 Å². The molecule has 0 aliphatic rings. The molecule has 1 N–H and O–H groups in total. The number of aromatic nitrogens is 1. The van der Waals surface area contributed by atoms with Gasteiger partial charge in [0.05, 0.1) is 19.0 Å². The Balaban J connectivity index is 2.78. The molecule has 1 aromatic heterocycles. The van der Waals surface area contributed by atoms with Crippen LogP contribution in [0.5, 0.6) is 5.88 Å². The zero-order valence-corrected chi connectivity index (χ0v) is 13.6. The third-order valence-corrected chi connectivity index (χ3v) is 3.11. The van der Waals surface area contributed by atoms with E-state index in [-0.39, 0.29) is 5.91 Å². The Labute approximate surface area is 127 Å². The summed E-state index contributed by atoms with van der Waals surface area (Å²) in [6.07, 6.45) is 3.12. The van der Waals surface area contributed by atoms with Crippen LogP contribution < -0.4 is 10.1 Å². The predicted octanol–water partition coefficient (Wildman–Crippen LogP) is 3.26. The maximum Gasteiger partial charge on any atom is 0.256 e. The number of rotatable bonds is 8. The van der Waals surface area contributed by atoms with E-state index < -0.39 is 5.60 Å². The van der Waals surface area contributed by atoms with Crippen molar-refractivity contribution in [2.24, 2.45) is 5.92 Å². The molecule has 1 heterocycles. The lowest BCUT2D eigenvalue weighted by Crippen LogP contribution is -2.44. The molecule has 0 radical (unpaired) electrons. The van der Waals surface area contributed by atoms with Gasteiger partial charge in [0.25, 0.3) is 5.91 Å². The third kappa shape index (κ3) is 5.34. The highest BCUT2D eigenvalue weighted by Crippen LogP contribution is 2.24. The van der Waals surface area contributed by atoms with Crippen LogP contribution in [-0.4, -0.2) is 30.2 Å². The monoisotopic (exact) mass is 294 g/mol. The van der Waals surface area contributed by atoms with Gasteiger partial charge in [-0.25, -0.2) is 4.98 Å². The lowest BCUT2D eigenvalue weighted by molar-refractivity contribution is -0.141. The van der Waals surface area contributed by atoms with E-state index in [1.54, 1.807) is 25.4 Å². The number of pyridine rings is 1. The molecular formula is C16H26N2O3. The molecule has 1 rings (SSSR count). The van der Waals surface area contributed by atoms with E-state index in [2.05, 4.69) is 24.1 Å². The van der Waals surface area contributed by atoms with Crippen LogP contribution in [0.25, 0.3) is 0 Å². The summed E-state index contributed by atoms with van der Waals surface area (Å²) in [5.74, 6) is 0.739. The van der Waals surface area contributed by atoms with Crippen molar-refractivity contribution in [3.05, 3.63) is 18.3 Å². The molecule has 1 atom stereocenters. The van der Waals surface area contributed by atoms with Crippen molar-refractivity contribution in [2.45, 2.75) is 46.1 Å². The molecule has 0 spiro atoms. The first kappa shape index (κ1) is 17.4. The van der Waals surface area contributed by atoms with Gasteiger partial charge < -0.3 is 14.8 Å². The fraction of sp³-hybridized carbons (Fsp3) is 0.625. The number of methoxy groups -OCH3 is 1. The molecule has 1 aromatic rings. The summed E-state index contributed by atoms with van der Waals surface area (Å²) < 4.78 is 10.8. The van der Waals surface area contributed by atoms with Gasteiger partial charge in [0, 0.05) is 12.7 Å². The first-order valence-corrected chi connectivity index (χ1v) is 7.36. The van der Waals surface area contributed by atoms with Gasteiger partial charge in [-0.2, -0.15) is 0 Å². The first-order valence-electron chi connectivity index (χ1n) is 7.36. The molecule has 118 valence electrons. The number of nitrogens with zero attached hydrogens (tertiary/aromatic N) is 1. The molecular weight excluding hydrogens is 268 g/mol. The summed E-state index contributed by atoms with van der Waals surface area (Å²) in [6.45, 7) is 8.60. The van der Waals surface area contributed by atoms with E-state index in [9.17, 15) is 4.79 Å². The number of carbonyl (C=O) groups is 1. The Bertz CT molecular complexity index is 445. The van der Waals surface area contributed by atoms with Crippen molar-refractivity contribution >= 4 is 11.6 Å². The fourth-order valence-corrected chi connectivity index (χ4v) is 2.16. The standard InChI is InChI=1S/C16H26N2O3/c1-6-9-21-16(4,10-12(2)3)15(19)18-13-7-8-14(20-5)17-11-13/h7-8,11-12H,6,9-10H2,1-5H3,(H,18,19)/t16-/m0/s1. The maximum atomic E-state index is 12.5. The number of ether oxygens (including phenoxy) is 2. The van der Waals surface area contributed by atoms with Gasteiger partial charge in [0.2, 0.25) is 5.88 Å². The summed E-state index contributed by atoms with van der Waals surface area (Å²) >= 11 is 0. The number of hydrogen-bond acceptors (Lipinski definition) is 4. The minimum Gasteiger partial charge on any atom is -0.481 e. The first-order chi connectivity index (χ1) is 9.91. The highest BCUT2D eigenvalue weighted by Gasteiger charge is 2.34. The average molecular weight is 294 g/mol. The van der Waals surface area contributed by atoms with E-state index in [4.69, 9.17) is 9.47 Å². The minimum absolute atomic E-state index is 0.142. The lowest BCUT2D eigenvalue weighted by Gasteiger charge is -2.30. The molecule has 0 aliphatic carbocycles. The summed E-state index contributed by atoms with van der Waals surface area (Å²) in [5, 5.41) is 2.87. The van der Waals surface area contributed by atoms with Crippen LogP contribution in [-0.2, 0) is 9.53 Å². The molecule has 0 saturated carbocycles. The van der Waals surface area contributed by atoms with Crippen LogP contribution in [0.3, 0.4) is 0 Å². The summed E-state index contributed by atoms with van der Waals surface area (Å²) in [5.41, 5.74) is -0.194. The smallest absolute Gasteiger partial charge is 0.256 e. The minimum atomic E-state index is -0.829. The Morgan fingerprint density at radius 3 is 2.62 bits per heavy atom. The van der Waals surface area contributed by atoms with Crippen molar-refractivity contribution in [1.82, 2.24) is 4.98 Å². The van der Waals surface area contributed by atoms with Crippen molar-refractivity contribution in [2.75, 3.05) is 19.0 Å². The molecule has 0 fully saturated rings. The van der Waals surface area contributed by atoms with Gasteiger partial charge >= 0.3 is 0 Å². The van der Waals surface area contributed by atoms with Crippen molar-refractivity contribution in [3.63, 3.8) is 0 Å². The maximum absolute atomic E-state index is 12.5. The molecule has 5 nitrogen and oxygen atoms in total. The van der Waals surface area contributed by atoms with Crippen molar-refractivity contribution < 1.29 is 14.3 Å². The number of hydrogen-bond donors (Lipinski definition) is 1. The second-order valence-corrected chi connectivity index (χ2v) is 5.72. The second-order valence-electron chi connectivity index (χ2n) is 5.72. The van der Waals surface area contributed by atoms with Crippen LogP contribution >= 0.6 is 0 Å². The normalized spacial score (nSPS) is 13.8. The Morgan fingerprint density at radius 2 is 2.14 bits per heavy atom. The average Bonchev–Trinajstić information content (AvgIpc) is 2.45. The highest BCUT2D eigenvalue weighted by atomic mass is 16.5. The zero-order valence-electron chi connectivity index (χ0n) is 13.6. The van der Waals surface area contributed by atoms with Gasteiger partial charge in [-0.3, -0.25) is 4.79 Å². The molecule has 0 aromatic carbocycles. The van der Waals surface area contributed by atoms with Crippen LogP contribution in [0.15, 0.2) is 18.3 Å². The number of carbonyl (C=O) groups excluding carboxylic acids is 1. The number of nitrogens with one attached hydrogen (secondary N) is 1. The van der Waals surface area contributed by atoms with Crippen LogP contribution in [0, 0.1) is 5.92 Å². The van der Waals surface area contributed by atoms with E-state index >= 15 is 0 Å². The Kier molecular flexibility index (Phi) is 6.62. The molecule has 0 aliphatic heterocycles. The Morgan fingerprint density at radius 1 is 1.43 bits per heavy atom. The summed E-state index contributed by atoms with van der Waals surface area (Å²) in [4.78, 5) is 16.6. The largest absolute Gasteiger partial charge is 0.481 e. The van der Waals surface area contributed by atoms with E-state index in [0.717, 1.165) is 6.42 Å². The molecule has 0 unspecified atom stereocenters. The predicted molar refractivity (Wildman–Crippen MR) is 83.5 cm³/mol. The zero-order chi connectivity index (χ0) is 15.9.